The smallest absolute Gasteiger partial charge is 0.223 e. The first-order valence-electron chi connectivity index (χ1n) is 8.76. The molecule has 3 rings (SSSR count). The van der Waals surface area contributed by atoms with Crippen LogP contribution in [-0.2, 0) is 4.79 Å². The number of nitrogens with zero attached hydrogens (tertiary/aromatic N) is 1. The Hall–Kier alpha value is -1.42. The Balaban J connectivity index is 1.51. The SMILES string of the molecule is CC(C)(CNC(=O)C1CC1c1ccccc1F)N1CCCCC1. The molecule has 126 valence electrons. The highest BCUT2D eigenvalue weighted by Gasteiger charge is 2.45. The van der Waals surface area contributed by atoms with E-state index in [-0.39, 0.29) is 29.1 Å². The zero-order chi connectivity index (χ0) is 16.4. The molecule has 2 aliphatic rings. The molecule has 0 spiro atoms. The fraction of sp³-hybridized carbons (Fsp3) is 0.632. The number of halogens is 1. The lowest BCUT2D eigenvalue weighted by Gasteiger charge is -2.41. The predicted octanol–water partition coefficient (Wildman–Crippen LogP) is 3.31. The van der Waals surface area contributed by atoms with Crippen LogP contribution in [-0.4, -0.2) is 36.0 Å². The molecular formula is C19H27FN2O. The number of nitrogens with one attached hydrogen (secondary N) is 1. The van der Waals surface area contributed by atoms with Gasteiger partial charge in [0.05, 0.1) is 0 Å². The molecule has 4 heteroatoms. The topological polar surface area (TPSA) is 32.3 Å². The molecule has 1 aliphatic heterocycles. The molecular weight excluding hydrogens is 291 g/mol. The molecule has 23 heavy (non-hydrogen) atoms. The third-order valence-electron chi connectivity index (χ3n) is 5.34. The number of likely N-dealkylation sites (tertiary alicyclic amines) is 1. The van der Waals surface area contributed by atoms with Crippen LogP contribution in [0.4, 0.5) is 4.39 Å². The standard InChI is InChI=1S/C19H27FN2O/c1-19(2,22-10-6-3-7-11-22)13-21-18(23)16-12-15(16)14-8-4-5-9-17(14)20/h4-5,8-9,15-16H,3,6-7,10-13H2,1-2H3,(H,21,23). The van der Waals surface area contributed by atoms with E-state index in [1.807, 2.05) is 6.07 Å². The van der Waals surface area contributed by atoms with Crippen LogP contribution in [0.25, 0.3) is 0 Å². The van der Waals surface area contributed by atoms with E-state index in [0.717, 1.165) is 19.5 Å². The second kappa shape index (κ2) is 6.60. The average Bonchev–Trinajstić information content (AvgIpc) is 3.34. The first kappa shape index (κ1) is 16.4. The van der Waals surface area contributed by atoms with Gasteiger partial charge in [0.25, 0.3) is 0 Å². The van der Waals surface area contributed by atoms with Gasteiger partial charge in [-0.1, -0.05) is 24.6 Å². The predicted molar refractivity (Wildman–Crippen MR) is 89.8 cm³/mol. The molecule has 1 aliphatic carbocycles. The highest BCUT2D eigenvalue weighted by atomic mass is 19.1. The molecule has 1 N–H and O–H groups in total. The fourth-order valence-corrected chi connectivity index (χ4v) is 3.65. The third-order valence-corrected chi connectivity index (χ3v) is 5.34. The van der Waals surface area contributed by atoms with E-state index >= 15 is 0 Å². The number of hydrogen-bond donors (Lipinski definition) is 1. The van der Waals surface area contributed by atoms with Gasteiger partial charge in [-0.25, -0.2) is 4.39 Å². The second-order valence-electron chi connectivity index (χ2n) is 7.55. The Kier molecular flexibility index (Phi) is 4.72. The van der Waals surface area contributed by atoms with Crippen molar-refractivity contribution in [2.45, 2.75) is 51.0 Å². The van der Waals surface area contributed by atoms with Gasteiger partial charge in [-0.15, -0.1) is 0 Å². The molecule has 1 saturated heterocycles. The zero-order valence-electron chi connectivity index (χ0n) is 14.1. The Labute approximate surface area is 138 Å². The molecule has 3 nitrogen and oxygen atoms in total. The van der Waals surface area contributed by atoms with Gasteiger partial charge in [-0.05, 0) is 63.7 Å². The molecule has 1 amide bonds. The maximum absolute atomic E-state index is 13.8. The van der Waals surface area contributed by atoms with Crippen LogP contribution in [0.5, 0.6) is 0 Å². The van der Waals surface area contributed by atoms with E-state index in [0.29, 0.717) is 12.1 Å². The van der Waals surface area contributed by atoms with Crippen LogP contribution >= 0.6 is 0 Å². The quantitative estimate of drug-likeness (QED) is 0.903. The normalized spacial score (nSPS) is 25.2. The minimum Gasteiger partial charge on any atom is -0.354 e. The van der Waals surface area contributed by atoms with Gasteiger partial charge < -0.3 is 5.32 Å². The zero-order valence-corrected chi connectivity index (χ0v) is 14.1. The molecule has 1 aromatic carbocycles. The summed E-state index contributed by atoms with van der Waals surface area (Å²) in [5.41, 5.74) is 0.668. The first-order chi connectivity index (χ1) is 11.0. The summed E-state index contributed by atoms with van der Waals surface area (Å²) in [5.74, 6) is -0.136. The molecule has 2 unspecified atom stereocenters. The molecule has 0 bridgehead atoms. The number of carbonyl (C=O) groups excluding carboxylic acids is 1. The lowest BCUT2D eigenvalue weighted by atomic mass is 9.98. The fourth-order valence-electron chi connectivity index (χ4n) is 3.65. The van der Waals surface area contributed by atoms with Gasteiger partial charge in [0.15, 0.2) is 0 Å². The number of hydrogen-bond acceptors (Lipinski definition) is 2. The van der Waals surface area contributed by atoms with Crippen LogP contribution in [0.15, 0.2) is 24.3 Å². The van der Waals surface area contributed by atoms with Crippen molar-refractivity contribution < 1.29 is 9.18 Å². The molecule has 1 aromatic rings. The van der Waals surface area contributed by atoms with E-state index in [9.17, 15) is 9.18 Å². The molecule has 0 aromatic heterocycles. The van der Waals surface area contributed by atoms with Crippen molar-refractivity contribution in [2.24, 2.45) is 5.92 Å². The van der Waals surface area contributed by atoms with Gasteiger partial charge in [0, 0.05) is 18.0 Å². The number of piperidine rings is 1. The number of carbonyl (C=O) groups is 1. The van der Waals surface area contributed by atoms with Gasteiger partial charge in [0.2, 0.25) is 5.91 Å². The summed E-state index contributed by atoms with van der Waals surface area (Å²) in [6.07, 6.45) is 4.56. The van der Waals surface area contributed by atoms with Gasteiger partial charge >= 0.3 is 0 Å². The molecule has 1 saturated carbocycles. The number of amides is 1. The maximum Gasteiger partial charge on any atom is 0.223 e. The highest BCUT2D eigenvalue weighted by molar-refractivity contribution is 5.83. The van der Waals surface area contributed by atoms with Gasteiger partial charge in [-0.2, -0.15) is 0 Å². The van der Waals surface area contributed by atoms with E-state index in [1.54, 1.807) is 12.1 Å². The van der Waals surface area contributed by atoms with E-state index in [2.05, 4.69) is 24.1 Å². The molecule has 0 radical (unpaired) electrons. The second-order valence-corrected chi connectivity index (χ2v) is 7.55. The Morgan fingerprint density at radius 2 is 1.96 bits per heavy atom. The van der Waals surface area contributed by atoms with Crippen molar-refractivity contribution in [2.75, 3.05) is 19.6 Å². The van der Waals surface area contributed by atoms with Crippen molar-refractivity contribution in [3.63, 3.8) is 0 Å². The highest BCUT2D eigenvalue weighted by Crippen LogP contribution is 2.48. The molecule has 2 fully saturated rings. The monoisotopic (exact) mass is 318 g/mol. The van der Waals surface area contributed by atoms with Crippen molar-refractivity contribution in [3.05, 3.63) is 35.6 Å². The largest absolute Gasteiger partial charge is 0.354 e. The van der Waals surface area contributed by atoms with Crippen molar-refractivity contribution in [3.8, 4) is 0 Å². The van der Waals surface area contributed by atoms with Crippen LogP contribution in [0, 0.1) is 11.7 Å². The summed E-state index contributed by atoms with van der Waals surface area (Å²) < 4.78 is 13.8. The Morgan fingerprint density at radius 3 is 2.65 bits per heavy atom. The lowest BCUT2D eigenvalue weighted by Crippen LogP contribution is -2.53. The molecule has 1 heterocycles. The minimum atomic E-state index is -0.193. The maximum atomic E-state index is 13.8. The lowest BCUT2D eigenvalue weighted by molar-refractivity contribution is -0.123. The summed E-state index contributed by atoms with van der Waals surface area (Å²) in [6.45, 7) is 7.28. The van der Waals surface area contributed by atoms with E-state index in [1.165, 1.54) is 25.3 Å². The molecule has 2 atom stereocenters. The van der Waals surface area contributed by atoms with Crippen LogP contribution in [0.1, 0.15) is 51.0 Å². The van der Waals surface area contributed by atoms with E-state index < -0.39 is 0 Å². The van der Waals surface area contributed by atoms with Crippen LogP contribution in [0.3, 0.4) is 0 Å². The van der Waals surface area contributed by atoms with Gasteiger partial charge in [0.1, 0.15) is 5.82 Å². The van der Waals surface area contributed by atoms with Crippen molar-refractivity contribution in [1.82, 2.24) is 10.2 Å². The number of benzene rings is 1. The average molecular weight is 318 g/mol. The minimum absolute atomic E-state index is 0.0154. The summed E-state index contributed by atoms with van der Waals surface area (Å²) in [5, 5.41) is 3.10. The number of rotatable bonds is 5. The van der Waals surface area contributed by atoms with Crippen LogP contribution < -0.4 is 5.32 Å². The summed E-state index contributed by atoms with van der Waals surface area (Å²) in [7, 11) is 0. The van der Waals surface area contributed by atoms with Crippen LogP contribution in [0.2, 0.25) is 0 Å². The Bertz CT molecular complexity index is 566. The summed E-state index contributed by atoms with van der Waals surface area (Å²) >= 11 is 0. The van der Waals surface area contributed by atoms with Crippen molar-refractivity contribution >= 4 is 5.91 Å². The Morgan fingerprint density at radius 1 is 1.26 bits per heavy atom. The summed E-state index contributed by atoms with van der Waals surface area (Å²) in [4.78, 5) is 14.8. The summed E-state index contributed by atoms with van der Waals surface area (Å²) in [6, 6.07) is 6.80. The van der Waals surface area contributed by atoms with Gasteiger partial charge in [-0.3, -0.25) is 9.69 Å². The third kappa shape index (κ3) is 3.74. The van der Waals surface area contributed by atoms with E-state index in [4.69, 9.17) is 0 Å². The first-order valence-corrected chi connectivity index (χ1v) is 8.76. The van der Waals surface area contributed by atoms with Crippen molar-refractivity contribution in [1.29, 1.82) is 0 Å².